The lowest BCUT2D eigenvalue weighted by Gasteiger charge is -2.12. The second-order valence-corrected chi connectivity index (χ2v) is 5.21. The van der Waals surface area contributed by atoms with Crippen molar-refractivity contribution in [3.63, 3.8) is 0 Å². The fraction of sp³-hybridized carbons (Fsp3) is 0.833. The van der Waals surface area contributed by atoms with Gasteiger partial charge in [0.2, 0.25) is 5.89 Å². The van der Waals surface area contributed by atoms with Crippen LogP contribution in [0.5, 0.6) is 0 Å². The van der Waals surface area contributed by atoms with E-state index < -0.39 is 0 Å². The number of likely N-dealkylation sites (tertiary alicyclic amines) is 1. The van der Waals surface area contributed by atoms with E-state index in [1.165, 1.54) is 6.42 Å². The SMILES string of the molecule is CNC1CCN(Cc2noc(CC(C)C)n2)C1. The molecule has 2 rings (SSSR count). The number of aromatic nitrogens is 2. The summed E-state index contributed by atoms with van der Waals surface area (Å²) in [5.74, 6) is 2.14. The Morgan fingerprint density at radius 3 is 3.00 bits per heavy atom. The topological polar surface area (TPSA) is 54.2 Å². The third-order valence-corrected chi connectivity index (χ3v) is 3.14. The predicted octanol–water partition coefficient (Wildman–Crippen LogP) is 1.06. The van der Waals surface area contributed by atoms with E-state index in [1.807, 2.05) is 7.05 Å². The van der Waals surface area contributed by atoms with Gasteiger partial charge in [0.25, 0.3) is 0 Å². The van der Waals surface area contributed by atoms with Crippen LogP contribution in [0.2, 0.25) is 0 Å². The summed E-state index contributed by atoms with van der Waals surface area (Å²) in [6.07, 6.45) is 2.07. The lowest BCUT2D eigenvalue weighted by atomic mass is 10.1. The van der Waals surface area contributed by atoms with E-state index in [9.17, 15) is 0 Å². The molecule has 1 atom stereocenters. The number of nitrogens with zero attached hydrogens (tertiary/aromatic N) is 3. The highest BCUT2D eigenvalue weighted by Gasteiger charge is 2.22. The van der Waals surface area contributed by atoms with E-state index in [2.05, 4.69) is 34.2 Å². The van der Waals surface area contributed by atoms with Crippen molar-refractivity contribution >= 4 is 0 Å². The van der Waals surface area contributed by atoms with Crippen molar-refractivity contribution in [2.75, 3.05) is 20.1 Å². The molecule has 1 saturated heterocycles. The maximum atomic E-state index is 5.24. The molecule has 1 aliphatic rings. The van der Waals surface area contributed by atoms with Gasteiger partial charge >= 0.3 is 0 Å². The number of nitrogens with one attached hydrogen (secondary N) is 1. The highest BCUT2D eigenvalue weighted by atomic mass is 16.5. The van der Waals surface area contributed by atoms with Gasteiger partial charge in [-0.25, -0.2) is 0 Å². The van der Waals surface area contributed by atoms with Crippen molar-refractivity contribution in [2.45, 2.75) is 39.3 Å². The van der Waals surface area contributed by atoms with Crippen LogP contribution in [0.15, 0.2) is 4.52 Å². The smallest absolute Gasteiger partial charge is 0.226 e. The molecule has 1 aromatic heterocycles. The normalized spacial score (nSPS) is 21.5. The standard InChI is InChI=1S/C12H22N4O/c1-9(2)6-12-14-11(15-17-12)8-16-5-4-10(7-16)13-3/h9-10,13H,4-8H2,1-3H3. The van der Waals surface area contributed by atoms with Crippen molar-refractivity contribution in [1.29, 1.82) is 0 Å². The molecule has 2 heterocycles. The quantitative estimate of drug-likeness (QED) is 0.831. The summed E-state index contributed by atoms with van der Waals surface area (Å²) in [5.41, 5.74) is 0. The summed E-state index contributed by atoms with van der Waals surface area (Å²) in [5, 5.41) is 7.34. The van der Waals surface area contributed by atoms with Crippen LogP contribution >= 0.6 is 0 Å². The molecular weight excluding hydrogens is 216 g/mol. The van der Waals surface area contributed by atoms with Crippen LogP contribution in [0.3, 0.4) is 0 Å². The molecule has 0 aliphatic carbocycles. The predicted molar refractivity (Wildman–Crippen MR) is 65.6 cm³/mol. The van der Waals surface area contributed by atoms with E-state index in [0.717, 1.165) is 37.8 Å². The Labute approximate surface area is 103 Å². The molecule has 5 heteroatoms. The number of hydrogen-bond acceptors (Lipinski definition) is 5. The average molecular weight is 238 g/mol. The molecule has 0 aromatic carbocycles. The maximum Gasteiger partial charge on any atom is 0.226 e. The van der Waals surface area contributed by atoms with Gasteiger partial charge in [-0.1, -0.05) is 19.0 Å². The Balaban J connectivity index is 1.85. The molecule has 0 spiro atoms. The molecule has 1 unspecified atom stereocenters. The first-order valence-corrected chi connectivity index (χ1v) is 6.38. The minimum absolute atomic E-state index is 0.559. The molecule has 0 bridgehead atoms. The molecule has 0 saturated carbocycles. The third-order valence-electron chi connectivity index (χ3n) is 3.14. The van der Waals surface area contributed by atoms with Crippen LogP contribution < -0.4 is 5.32 Å². The zero-order valence-corrected chi connectivity index (χ0v) is 10.9. The highest BCUT2D eigenvalue weighted by molar-refractivity contribution is 4.90. The largest absolute Gasteiger partial charge is 0.339 e. The van der Waals surface area contributed by atoms with Gasteiger partial charge in [-0.15, -0.1) is 0 Å². The van der Waals surface area contributed by atoms with Crippen molar-refractivity contribution in [1.82, 2.24) is 20.4 Å². The molecule has 1 N–H and O–H groups in total. The number of hydrogen-bond donors (Lipinski definition) is 1. The van der Waals surface area contributed by atoms with Gasteiger partial charge < -0.3 is 9.84 Å². The van der Waals surface area contributed by atoms with E-state index in [0.29, 0.717) is 12.0 Å². The van der Waals surface area contributed by atoms with Crippen molar-refractivity contribution < 1.29 is 4.52 Å². The number of rotatable bonds is 5. The fourth-order valence-electron chi connectivity index (χ4n) is 2.20. The Bertz CT molecular complexity index is 350. The van der Waals surface area contributed by atoms with Gasteiger partial charge in [0.05, 0.1) is 6.54 Å². The molecule has 0 radical (unpaired) electrons. The average Bonchev–Trinajstić information content (AvgIpc) is 2.88. The fourth-order valence-corrected chi connectivity index (χ4v) is 2.20. The zero-order chi connectivity index (χ0) is 12.3. The minimum atomic E-state index is 0.559. The lowest BCUT2D eigenvalue weighted by molar-refractivity contribution is 0.301. The van der Waals surface area contributed by atoms with Crippen LogP contribution in [0.1, 0.15) is 32.0 Å². The second kappa shape index (κ2) is 5.60. The Morgan fingerprint density at radius 1 is 1.53 bits per heavy atom. The van der Waals surface area contributed by atoms with Gasteiger partial charge in [0.15, 0.2) is 5.82 Å². The van der Waals surface area contributed by atoms with Crippen LogP contribution in [0.25, 0.3) is 0 Å². The molecular formula is C12H22N4O. The molecule has 96 valence electrons. The third kappa shape index (κ3) is 3.51. The number of likely N-dealkylation sites (N-methyl/N-ethyl adjacent to an activating group) is 1. The lowest BCUT2D eigenvalue weighted by Crippen LogP contribution is -2.29. The Hall–Kier alpha value is -0.940. The van der Waals surface area contributed by atoms with Gasteiger partial charge in [0.1, 0.15) is 0 Å². The van der Waals surface area contributed by atoms with Gasteiger partial charge in [-0.2, -0.15) is 4.98 Å². The zero-order valence-electron chi connectivity index (χ0n) is 10.9. The minimum Gasteiger partial charge on any atom is -0.339 e. The van der Waals surface area contributed by atoms with Gasteiger partial charge in [-0.05, 0) is 19.4 Å². The summed E-state index contributed by atoms with van der Waals surface area (Å²) >= 11 is 0. The summed E-state index contributed by atoms with van der Waals surface area (Å²) in [6, 6.07) is 0.608. The first-order valence-electron chi connectivity index (χ1n) is 6.38. The van der Waals surface area contributed by atoms with Crippen molar-refractivity contribution in [2.24, 2.45) is 5.92 Å². The highest BCUT2D eigenvalue weighted by Crippen LogP contribution is 2.12. The van der Waals surface area contributed by atoms with Crippen molar-refractivity contribution in [3.8, 4) is 0 Å². The van der Waals surface area contributed by atoms with E-state index in [1.54, 1.807) is 0 Å². The summed E-state index contributed by atoms with van der Waals surface area (Å²) in [7, 11) is 2.02. The monoisotopic (exact) mass is 238 g/mol. The molecule has 1 aromatic rings. The molecule has 0 amide bonds. The maximum absolute atomic E-state index is 5.24. The molecule has 5 nitrogen and oxygen atoms in total. The Morgan fingerprint density at radius 2 is 2.35 bits per heavy atom. The summed E-state index contributed by atoms with van der Waals surface area (Å²) in [4.78, 5) is 6.79. The van der Waals surface area contributed by atoms with Crippen molar-refractivity contribution in [3.05, 3.63) is 11.7 Å². The molecule has 1 fully saturated rings. The van der Waals surface area contributed by atoms with Crippen LogP contribution in [-0.2, 0) is 13.0 Å². The first-order chi connectivity index (χ1) is 8.17. The van der Waals surface area contributed by atoms with E-state index in [4.69, 9.17) is 4.52 Å². The molecule has 1 aliphatic heterocycles. The summed E-state index contributed by atoms with van der Waals surface area (Å²) < 4.78 is 5.24. The van der Waals surface area contributed by atoms with Gasteiger partial charge in [0, 0.05) is 25.6 Å². The second-order valence-electron chi connectivity index (χ2n) is 5.21. The first kappa shape index (κ1) is 12.5. The molecule has 17 heavy (non-hydrogen) atoms. The van der Waals surface area contributed by atoms with E-state index >= 15 is 0 Å². The van der Waals surface area contributed by atoms with Crippen LogP contribution in [0, 0.1) is 5.92 Å². The Kier molecular flexibility index (Phi) is 4.12. The summed E-state index contributed by atoms with van der Waals surface area (Å²) in [6.45, 7) is 7.30. The van der Waals surface area contributed by atoms with Gasteiger partial charge in [-0.3, -0.25) is 4.90 Å². The van der Waals surface area contributed by atoms with E-state index in [-0.39, 0.29) is 0 Å². The van der Waals surface area contributed by atoms with Crippen LogP contribution in [-0.4, -0.2) is 41.2 Å². The van der Waals surface area contributed by atoms with Crippen LogP contribution in [0.4, 0.5) is 0 Å².